The predicted molar refractivity (Wildman–Crippen MR) is 137 cm³/mol. The third-order valence-corrected chi connectivity index (χ3v) is 7.48. The van der Waals surface area contributed by atoms with Crippen molar-refractivity contribution in [2.75, 3.05) is 16.8 Å². The van der Waals surface area contributed by atoms with Crippen LogP contribution in [0.15, 0.2) is 71.9 Å². The third kappa shape index (κ3) is 5.45. The van der Waals surface area contributed by atoms with Gasteiger partial charge in [-0.2, -0.15) is 8.42 Å². The summed E-state index contributed by atoms with van der Waals surface area (Å²) in [5.74, 6) is 0.576. The Balaban J connectivity index is 1.55. The summed E-state index contributed by atoms with van der Waals surface area (Å²) in [6.07, 6.45) is 2.57. The molecule has 0 radical (unpaired) electrons. The van der Waals surface area contributed by atoms with Gasteiger partial charge in [-0.25, -0.2) is 14.7 Å². The quantitative estimate of drug-likeness (QED) is 0.503. The normalized spacial score (nSPS) is 18.2. The van der Waals surface area contributed by atoms with Crippen LogP contribution >= 0.6 is 0 Å². The molecule has 3 heterocycles. The molecule has 4 rings (SSSR count). The maximum absolute atomic E-state index is 13.2. The SMILES string of the molecule is CC1CN(c2ncccc2C(=O)NS(=O)(=O)c2cccc(NC(C)c3ccccc3)n2)C(C)(C)C1. The van der Waals surface area contributed by atoms with Crippen LogP contribution in [-0.4, -0.2) is 36.4 Å². The van der Waals surface area contributed by atoms with Crippen molar-refractivity contribution in [3.8, 4) is 0 Å². The van der Waals surface area contributed by atoms with Crippen LogP contribution in [0.25, 0.3) is 0 Å². The van der Waals surface area contributed by atoms with Crippen LogP contribution in [0.4, 0.5) is 11.6 Å². The average molecular weight is 494 g/mol. The summed E-state index contributed by atoms with van der Waals surface area (Å²) < 4.78 is 28.3. The Labute approximate surface area is 206 Å². The van der Waals surface area contributed by atoms with Crippen LogP contribution in [0.3, 0.4) is 0 Å². The first-order chi connectivity index (χ1) is 16.6. The highest BCUT2D eigenvalue weighted by atomic mass is 32.2. The summed E-state index contributed by atoms with van der Waals surface area (Å²) in [5, 5.41) is 2.97. The number of benzene rings is 1. The van der Waals surface area contributed by atoms with Gasteiger partial charge in [0.2, 0.25) is 0 Å². The zero-order chi connectivity index (χ0) is 25.2. The van der Waals surface area contributed by atoms with Gasteiger partial charge in [-0.1, -0.05) is 43.3 Å². The first-order valence-electron chi connectivity index (χ1n) is 11.7. The van der Waals surface area contributed by atoms with E-state index >= 15 is 0 Å². The summed E-state index contributed by atoms with van der Waals surface area (Å²) in [7, 11) is -4.21. The molecular formula is C26H31N5O3S. The van der Waals surface area contributed by atoms with E-state index in [1.165, 1.54) is 6.07 Å². The van der Waals surface area contributed by atoms with E-state index in [0.29, 0.717) is 17.6 Å². The number of nitrogens with one attached hydrogen (secondary N) is 2. The van der Waals surface area contributed by atoms with Crippen LogP contribution in [0, 0.1) is 5.92 Å². The van der Waals surface area contributed by atoms with Crippen molar-refractivity contribution in [1.29, 1.82) is 0 Å². The molecule has 9 heteroatoms. The lowest BCUT2D eigenvalue weighted by atomic mass is 9.97. The molecule has 1 aliphatic heterocycles. The molecule has 0 bridgehead atoms. The highest BCUT2D eigenvalue weighted by Crippen LogP contribution is 2.37. The summed E-state index contributed by atoms with van der Waals surface area (Å²) in [6, 6.07) is 17.6. The van der Waals surface area contributed by atoms with Crippen LogP contribution in [0.1, 0.15) is 56.1 Å². The first kappa shape index (κ1) is 24.7. The lowest BCUT2D eigenvalue weighted by Crippen LogP contribution is -2.41. The van der Waals surface area contributed by atoms with E-state index in [1.54, 1.807) is 30.5 Å². The van der Waals surface area contributed by atoms with Gasteiger partial charge in [0.1, 0.15) is 11.6 Å². The number of carbonyl (C=O) groups is 1. The Hall–Kier alpha value is -3.46. The van der Waals surface area contributed by atoms with Crippen LogP contribution in [0.2, 0.25) is 0 Å². The van der Waals surface area contributed by atoms with Crippen LogP contribution in [0.5, 0.6) is 0 Å². The minimum absolute atomic E-state index is 0.0830. The number of pyridine rings is 2. The molecule has 35 heavy (non-hydrogen) atoms. The second-order valence-electron chi connectivity index (χ2n) is 9.68. The lowest BCUT2D eigenvalue weighted by Gasteiger charge is -2.33. The number of amides is 1. The minimum Gasteiger partial charge on any atom is -0.364 e. The Morgan fingerprint density at radius 1 is 1.09 bits per heavy atom. The third-order valence-electron chi connectivity index (χ3n) is 6.25. The fourth-order valence-electron chi connectivity index (χ4n) is 4.67. The van der Waals surface area contributed by atoms with Crippen LogP contribution in [-0.2, 0) is 10.0 Å². The van der Waals surface area contributed by atoms with Crippen molar-refractivity contribution in [1.82, 2.24) is 14.7 Å². The summed E-state index contributed by atoms with van der Waals surface area (Å²) >= 11 is 0. The van der Waals surface area contributed by atoms with Gasteiger partial charge in [0.05, 0.1) is 5.56 Å². The van der Waals surface area contributed by atoms with E-state index in [2.05, 4.69) is 45.7 Å². The number of nitrogens with zero attached hydrogens (tertiary/aromatic N) is 3. The maximum Gasteiger partial charge on any atom is 0.281 e. The molecule has 8 nitrogen and oxygen atoms in total. The number of carbonyl (C=O) groups excluding carboxylic acids is 1. The van der Waals surface area contributed by atoms with Crippen molar-refractivity contribution in [2.45, 2.75) is 50.7 Å². The van der Waals surface area contributed by atoms with E-state index in [4.69, 9.17) is 0 Å². The molecule has 1 aliphatic rings. The monoisotopic (exact) mass is 493 g/mol. The molecule has 1 fully saturated rings. The second-order valence-corrected chi connectivity index (χ2v) is 11.3. The Bertz CT molecular complexity index is 1310. The van der Waals surface area contributed by atoms with Gasteiger partial charge < -0.3 is 10.2 Å². The number of aromatic nitrogens is 2. The van der Waals surface area contributed by atoms with Crippen molar-refractivity contribution in [3.05, 3.63) is 78.0 Å². The largest absolute Gasteiger partial charge is 0.364 e. The van der Waals surface area contributed by atoms with Crippen LogP contribution < -0.4 is 14.9 Å². The average Bonchev–Trinajstić information content (AvgIpc) is 3.11. The molecule has 2 unspecified atom stereocenters. The van der Waals surface area contributed by atoms with Crippen molar-refractivity contribution >= 4 is 27.6 Å². The van der Waals surface area contributed by atoms with E-state index in [9.17, 15) is 13.2 Å². The van der Waals surface area contributed by atoms with Gasteiger partial charge >= 0.3 is 0 Å². The Kier molecular flexibility index (Phi) is 6.80. The summed E-state index contributed by atoms with van der Waals surface area (Å²) in [5.41, 5.74) is 1.06. The fraction of sp³-hybridized carbons (Fsp3) is 0.346. The molecular weight excluding hydrogens is 462 g/mol. The van der Waals surface area contributed by atoms with E-state index in [-0.39, 0.29) is 22.2 Å². The van der Waals surface area contributed by atoms with Gasteiger partial charge in [-0.05, 0) is 62.9 Å². The minimum atomic E-state index is -4.21. The first-order valence-corrected chi connectivity index (χ1v) is 13.1. The number of hydrogen-bond acceptors (Lipinski definition) is 7. The van der Waals surface area contributed by atoms with Crippen molar-refractivity contribution in [2.24, 2.45) is 5.92 Å². The standard InChI is InChI=1S/C26H31N5O3S/c1-18-16-26(3,4)31(17-18)24-21(12-9-15-27-24)25(32)30-35(33,34)23-14-8-13-22(29-23)28-19(2)20-10-6-5-7-11-20/h5-15,18-19H,16-17H2,1-4H3,(H,28,29)(H,30,32). The highest BCUT2D eigenvalue weighted by Gasteiger charge is 2.39. The van der Waals surface area contributed by atoms with E-state index < -0.39 is 15.9 Å². The molecule has 184 valence electrons. The second kappa shape index (κ2) is 9.65. The molecule has 1 amide bonds. The van der Waals surface area contributed by atoms with E-state index in [0.717, 1.165) is 18.5 Å². The number of anilines is 2. The molecule has 0 spiro atoms. The topological polar surface area (TPSA) is 104 Å². The summed E-state index contributed by atoms with van der Waals surface area (Å²) in [6.45, 7) is 9.06. The van der Waals surface area contributed by atoms with Gasteiger partial charge in [0, 0.05) is 24.3 Å². The maximum atomic E-state index is 13.2. The predicted octanol–water partition coefficient (Wildman–Crippen LogP) is 4.39. The van der Waals surface area contributed by atoms with Crippen molar-refractivity contribution < 1.29 is 13.2 Å². The van der Waals surface area contributed by atoms with Gasteiger partial charge in [-0.3, -0.25) is 4.79 Å². The number of rotatable bonds is 7. The Morgan fingerprint density at radius 2 is 1.83 bits per heavy atom. The highest BCUT2D eigenvalue weighted by molar-refractivity contribution is 7.90. The van der Waals surface area contributed by atoms with E-state index in [1.807, 2.05) is 37.3 Å². The molecule has 1 aromatic carbocycles. The summed E-state index contributed by atoms with van der Waals surface area (Å²) in [4.78, 5) is 23.9. The van der Waals surface area contributed by atoms with Gasteiger partial charge in [-0.15, -0.1) is 0 Å². The van der Waals surface area contributed by atoms with Gasteiger partial charge in [0.15, 0.2) is 5.03 Å². The molecule has 2 aromatic heterocycles. The lowest BCUT2D eigenvalue weighted by molar-refractivity contribution is 0.0981. The zero-order valence-corrected chi connectivity index (χ0v) is 21.2. The van der Waals surface area contributed by atoms with Gasteiger partial charge in [0.25, 0.3) is 15.9 Å². The molecule has 3 aromatic rings. The smallest absolute Gasteiger partial charge is 0.281 e. The zero-order valence-electron chi connectivity index (χ0n) is 20.4. The Morgan fingerprint density at radius 3 is 2.51 bits per heavy atom. The number of hydrogen-bond donors (Lipinski definition) is 2. The fourth-order valence-corrected chi connectivity index (χ4v) is 5.60. The van der Waals surface area contributed by atoms with Crippen molar-refractivity contribution in [3.63, 3.8) is 0 Å². The molecule has 2 atom stereocenters. The molecule has 2 N–H and O–H groups in total. The molecule has 0 saturated carbocycles. The molecule has 0 aliphatic carbocycles. The number of sulfonamides is 1. The molecule has 1 saturated heterocycles.